The summed E-state index contributed by atoms with van der Waals surface area (Å²) in [7, 11) is 4.06. The molecule has 0 radical (unpaired) electrons. The predicted molar refractivity (Wildman–Crippen MR) is 33.1 cm³/mol. The summed E-state index contributed by atoms with van der Waals surface area (Å²) in [4.78, 5) is 2.08. The van der Waals surface area contributed by atoms with Crippen LogP contribution in [0, 0.1) is 6.92 Å². The number of nitrogens with zero attached hydrogens (tertiary/aromatic N) is 1. The molecular weight excluding hydrogens is 93.0 g/mol. The van der Waals surface area contributed by atoms with Gasteiger partial charge in [-0.05, 0) is 20.6 Å². The van der Waals surface area contributed by atoms with Crippen LogP contribution < -0.4 is 18.9 Å². The Morgan fingerprint density at radius 2 is 2.00 bits per heavy atom. The van der Waals surface area contributed by atoms with E-state index in [2.05, 4.69) is 11.8 Å². The van der Waals surface area contributed by atoms with E-state index in [1.807, 2.05) is 20.2 Å². The molecule has 0 saturated carbocycles. The molecule has 0 unspecified atom stereocenters. The molecule has 0 bridgehead atoms. The average Bonchev–Trinajstić information content (AvgIpc) is 1.61. The Morgan fingerprint density at radius 3 is 2.12 bits per heavy atom. The molecule has 0 atom stereocenters. The molecule has 8 heavy (non-hydrogen) atoms. The maximum atomic E-state index is 3.55. The van der Waals surface area contributed by atoms with Gasteiger partial charge in [0.05, 0.1) is 0 Å². The van der Waals surface area contributed by atoms with Crippen molar-refractivity contribution in [1.82, 2.24) is 4.90 Å². The van der Waals surface area contributed by atoms with Crippen molar-refractivity contribution in [2.75, 3.05) is 20.6 Å². The molecule has 2 heteroatoms. The first kappa shape index (κ1) is 11.0. The summed E-state index contributed by atoms with van der Waals surface area (Å²) in [6, 6.07) is 0. The molecule has 0 amide bonds. The topological polar surface area (TPSA) is 3.24 Å². The largest absolute Gasteiger partial charge is 1.00 e. The van der Waals surface area contributed by atoms with E-state index in [0.29, 0.717) is 0 Å². The van der Waals surface area contributed by atoms with Crippen molar-refractivity contribution in [1.29, 1.82) is 0 Å². The van der Waals surface area contributed by atoms with Crippen LogP contribution in [0.15, 0.2) is 12.2 Å². The van der Waals surface area contributed by atoms with Crippen LogP contribution >= 0.6 is 0 Å². The maximum absolute atomic E-state index is 3.55. The molecule has 42 valence electrons. The van der Waals surface area contributed by atoms with Crippen LogP contribution in [-0.2, 0) is 0 Å². The quantitative estimate of drug-likeness (QED) is 0.288. The Morgan fingerprint density at radius 1 is 1.50 bits per heavy atom. The second-order valence-electron chi connectivity index (χ2n) is 1.73. The number of hydrogen-bond acceptors (Lipinski definition) is 1. The van der Waals surface area contributed by atoms with Gasteiger partial charge in [0, 0.05) is 0 Å². The molecule has 0 saturated heterocycles. The number of likely N-dealkylation sites (N-methyl/N-ethyl adjacent to an activating group) is 1. The van der Waals surface area contributed by atoms with Gasteiger partial charge in [0.25, 0.3) is 0 Å². The van der Waals surface area contributed by atoms with Crippen molar-refractivity contribution in [2.45, 2.75) is 0 Å². The zero-order valence-electron chi connectivity index (χ0n) is 6.02. The number of rotatable bonds is 2. The number of hydrogen-bond donors (Lipinski definition) is 0. The van der Waals surface area contributed by atoms with Crippen molar-refractivity contribution < 1.29 is 18.9 Å². The first-order valence-electron chi connectivity index (χ1n) is 2.36. The van der Waals surface area contributed by atoms with Gasteiger partial charge in [-0.15, -0.1) is 0 Å². The molecule has 0 aromatic heterocycles. The van der Waals surface area contributed by atoms with Crippen LogP contribution in [0.4, 0.5) is 0 Å². The average molecular weight is 105 g/mol. The monoisotopic (exact) mass is 105 g/mol. The third-order valence-corrected chi connectivity index (χ3v) is 0.637. The minimum absolute atomic E-state index is 0. The summed E-state index contributed by atoms with van der Waals surface area (Å²) in [6.45, 7) is 4.54. The Bertz CT molecular complexity index is 59.5. The molecule has 0 N–H and O–H groups in total. The molecule has 0 spiro atoms. The van der Waals surface area contributed by atoms with Gasteiger partial charge >= 0.3 is 18.9 Å². The second-order valence-corrected chi connectivity index (χ2v) is 1.73. The Kier molecular flexibility index (Phi) is 9.88. The van der Waals surface area contributed by atoms with E-state index in [0.717, 1.165) is 6.54 Å². The van der Waals surface area contributed by atoms with Crippen LogP contribution in [0.25, 0.3) is 0 Å². The second kappa shape index (κ2) is 7.17. The molecule has 0 heterocycles. The Balaban J connectivity index is 0. The molecule has 0 aromatic carbocycles. The van der Waals surface area contributed by atoms with Crippen LogP contribution in [0.1, 0.15) is 0 Å². The summed E-state index contributed by atoms with van der Waals surface area (Å²) >= 11 is 0. The SMILES string of the molecule is [CH2-]/C=C/CN(C)C.[Li+]. The summed E-state index contributed by atoms with van der Waals surface area (Å²) < 4.78 is 0. The van der Waals surface area contributed by atoms with E-state index in [-0.39, 0.29) is 18.9 Å². The van der Waals surface area contributed by atoms with Crippen LogP contribution in [0.3, 0.4) is 0 Å². The minimum Gasteiger partial charge on any atom is -0.322 e. The van der Waals surface area contributed by atoms with Gasteiger partial charge in [0.1, 0.15) is 0 Å². The molecule has 1 nitrogen and oxygen atoms in total. The van der Waals surface area contributed by atoms with Crippen LogP contribution in [0.2, 0.25) is 0 Å². The van der Waals surface area contributed by atoms with Crippen molar-refractivity contribution in [3.05, 3.63) is 19.1 Å². The van der Waals surface area contributed by atoms with Crippen molar-refractivity contribution >= 4 is 0 Å². The Hall–Kier alpha value is 0.167. The maximum Gasteiger partial charge on any atom is 1.00 e. The normalized spacial score (nSPS) is 9.88. The van der Waals surface area contributed by atoms with Crippen LogP contribution in [0.5, 0.6) is 0 Å². The molecule has 0 fully saturated rings. The third kappa shape index (κ3) is 9.48. The van der Waals surface area contributed by atoms with Gasteiger partial charge in [0.15, 0.2) is 0 Å². The fraction of sp³-hybridized carbons (Fsp3) is 0.500. The molecular formula is C6H12LiN. The summed E-state index contributed by atoms with van der Waals surface area (Å²) in [6.07, 6.45) is 3.82. The molecule has 0 aromatic rings. The zero-order chi connectivity index (χ0) is 5.70. The first-order chi connectivity index (χ1) is 3.27. The summed E-state index contributed by atoms with van der Waals surface area (Å²) in [5.41, 5.74) is 0. The van der Waals surface area contributed by atoms with E-state index in [9.17, 15) is 0 Å². The molecule has 0 aliphatic carbocycles. The zero-order valence-corrected chi connectivity index (χ0v) is 6.02. The summed E-state index contributed by atoms with van der Waals surface area (Å²) in [5, 5.41) is 0. The number of allylic oxidation sites excluding steroid dienone is 1. The first-order valence-corrected chi connectivity index (χ1v) is 2.36. The fourth-order valence-corrected chi connectivity index (χ4v) is 0.285. The smallest absolute Gasteiger partial charge is 0.322 e. The van der Waals surface area contributed by atoms with E-state index in [1.165, 1.54) is 0 Å². The van der Waals surface area contributed by atoms with Crippen molar-refractivity contribution in [3.8, 4) is 0 Å². The molecule has 0 rings (SSSR count). The van der Waals surface area contributed by atoms with E-state index in [1.54, 1.807) is 6.08 Å². The standard InChI is InChI=1S/C6H12N.Li/c1-4-5-6-7(2)3;/h4-5H,1,6H2,2-3H3;/q-1;+1/b5-4+;. The van der Waals surface area contributed by atoms with Gasteiger partial charge < -0.3 is 4.90 Å². The summed E-state index contributed by atoms with van der Waals surface area (Å²) in [5.74, 6) is 0. The van der Waals surface area contributed by atoms with Gasteiger partial charge in [-0.1, -0.05) is 0 Å². The van der Waals surface area contributed by atoms with Crippen molar-refractivity contribution in [3.63, 3.8) is 0 Å². The van der Waals surface area contributed by atoms with Gasteiger partial charge in [-0.25, -0.2) is 19.1 Å². The Labute approximate surface area is 63.9 Å². The van der Waals surface area contributed by atoms with Crippen LogP contribution in [-0.4, -0.2) is 25.5 Å². The third-order valence-electron chi connectivity index (χ3n) is 0.637. The van der Waals surface area contributed by atoms with E-state index >= 15 is 0 Å². The van der Waals surface area contributed by atoms with E-state index < -0.39 is 0 Å². The van der Waals surface area contributed by atoms with E-state index in [4.69, 9.17) is 0 Å². The molecule has 0 aliphatic rings. The van der Waals surface area contributed by atoms with Gasteiger partial charge in [0.2, 0.25) is 0 Å². The minimum atomic E-state index is 0. The van der Waals surface area contributed by atoms with Gasteiger partial charge in [-0.2, -0.15) is 0 Å². The predicted octanol–water partition coefficient (Wildman–Crippen LogP) is -2.06. The fourth-order valence-electron chi connectivity index (χ4n) is 0.285. The van der Waals surface area contributed by atoms with Gasteiger partial charge in [-0.3, -0.25) is 0 Å². The molecule has 0 aliphatic heterocycles. The van der Waals surface area contributed by atoms with Crippen molar-refractivity contribution in [2.24, 2.45) is 0 Å².